The molecule has 0 aromatic carbocycles. The average Bonchev–Trinajstić information content (AvgIpc) is 1.54. The second-order valence-electron chi connectivity index (χ2n) is 28.0. The number of hydrogen-bond donors (Lipinski definition) is 0. The monoisotopic (exact) mass is 3140 g/mol. The first-order valence-electron chi connectivity index (χ1n) is 36.7. The summed E-state index contributed by atoms with van der Waals surface area (Å²) in [7, 11) is -17.0. The molecule has 0 radical (unpaired) electrons. The molecule has 59 heteroatoms. The van der Waals surface area contributed by atoms with E-state index in [0.717, 1.165) is 126 Å². The Labute approximate surface area is 948 Å². The fourth-order valence-electron chi connectivity index (χ4n) is 14.1. The predicted octanol–water partition coefficient (Wildman–Crippen LogP) is 27.9. The van der Waals surface area contributed by atoms with Gasteiger partial charge in [0.05, 0.1) is 73.8 Å². The fourth-order valence-corrected chi connectivity index (χ4v) is 58.8. The Bertz CT molecular complexity index is 9010. The van der Waals surface area contributed by atoms with E-state index < -0.39 is 84.7 Å². The Morgan fingerprint density at radius 2 is 1.05 bits per heavy atom. The van der Waals surface area contributed by atoms with Crippen molar-refractivity contribution >= 4 is 549 Å². The topological polar surface area (TPSA) is 339 Å². The van der Waals surface area contributed by atoms with Gasteiger partial charge < -0.3 is 8.83 Å². The zero-order valence-electron chi connectivity index (χ0n) is 67.7. The van der Waals surface area contributed by atoms with Crippen molar-refractivity contribution in [1.29, 1.82) is 0 Å². The molecule has 0 saturated carbocycles. The molecule has 136 heavy (non-hydrogen) atoms. The second-order valence-corrected chi connectivity index (χ2v) is 75.0. The third-order valence-electron chi connectivity index (χ3n) is 20.0. The van der Waals surface area contributed by atoms with Gasteiger partial charge in [0.2, 0.25) is 11.0 Å². The fraction of sp³-hybridized carbons (Fsp3) is 0.169. The molecule has 1 unspecified atom stereocenters. The molecule has 7 aliphatic heterocycles. The van der Waals surface area contributed by atoms with Gasteiger partial charge in [-0.15, -0.1) is 102 Å². The largest absolute Gasteiger partial charge is 0.440 e. The minimum absolute atomic E-state index is 0. The van der Waals surface area contributed by atoms with E-state index in [2.05, 4.69) is 257 Å². The quantitative estimate of drug-likeness (QED) is 0.0847. The molecular formula is C77H43Br11Cl2IN7O19S17Se2. The first-order chi connectivity index (χ1) is 63.8. The molecule has 0 fully saturated rings. The van der Waals surface area contributed by atoms with Crippen LogP contribution in [0.2, 0.25) is 8.67 Å². The molecule has 712 valence electrons. The maximum atomic E-state index is 12.7. The van der Waals surface area contributed by atoms with Crippen LogP contribution in [0.25, 0.3) is 72.4 Å². The van der Waals surface area contributed by atoms with E-state index in [1.165, 1.54) is 116 Å². The summed E-state index contributed by atoms with van der Waals surface area (Å²) in [4.78, 5) is 77.9. The number of allylic oxidation sites excluding steroid dienone is 2. The number of furan rings is 2. The molecule has 0 bridgehead atoms. The number of rotatable bonds is 6. The van der Waals surface area contributed by atoms with Crippen molar-refractivity contribution < 1.29 is 86.8 Å². The van der Waals surface area contributed by atoms with Crippen molar-refractivity contribution in [2.75, 3.05) is 24.9 Å². The number of aryl methyl sites for hydroxylation is 1. The number of thiophene rings is 11. The SMILES string of the molecule is C=C=C=C=C=C(C)N1Cc2c(sc3c(Br)[se]c(Br)c23)C1=O.C=C=C=C=C=C(C)N1Cc2c(sc3c(I)sc(Br)c23)S1(=O)=O.CC(=O)N1C(=O)c2c(sc3c(Br)sc(Br)c23)S1(=O)=O.CCCCN1C(=O)c2c(sc3c(Br)sc(Br)c23)S1(=O)=O.CN1C(=O)c2sc3c(Br)[se]c(Br)c3c2S1=O.CN1Cc2c(oc3c(Cl)sc(Cl)c23)S1(=O)=O.Cc1ccc(N2C(=O)c3c(oc4c(Br)sc(Br)c34)S2(=O)=O)s1.[HH].[HH]. The summed E-state index contributed by atoms with van der Waals surface area (Å²) >= 11 is 67.3. The summed E-state index contributed by atoms with van der Waals surface area (Å²) in [5, 5.41) is 5.63. The summed E-state index contributed by atoms with van der Waals surface area (Å²) in [6, 6.07) is 3.40. The standard InChI is InChI=1S/C15H7Br2NOSSe.C14H7BrINO2S3.C12H5Br2NO4S3.C11H9Br2NO3S3.C9H3Br2NO4S3.C8H3Br2NO2S2Se.C8H5Cl2NO3S2.2H2/c1-3-4-5-6-8(2)18-7-9-10-12(14(17)21-13(10)16)20-11(9)15(18)19;1-3-4-5-6-8(2)17-7-9-10-11(13(16)21-12(10)15)20-14(9)22(17,18)19;1-4-2-3-5(20-4)15-11(16)7-6-8(10(14)21-9(6)13)19-12(7)22(15,17)18;1-2-3-4-14-10(15)6-5-7(9(13)19-8(5)12)18-11(6)20(14,16)17;1-2(13)12-8(14)4-3-5(7(11)18-6(3)10)17-9(4)19(12,15)16;1-11-8(12)4-5(15(11)13)2-3(14-4)7(10)16-6(2)9;1-11-2-3-4-5(7(10)15-6(4)9)14-8(3)16(11,12)13;;/h1,7H2,2H3;1,7H2,2H3;2-3H,1H3;2-4H2,1H3;1H3;1H3;2H2,1H3;2*1H. The number of imide groups is 1. The Hall–Kier alpha value is -1.93. The number of carbonyl (C=O) groups is 6. The molecule has 0 saturated heterocycles. The van der Waals surface area contributed by atoms with Crippen LogP contribution in [0.3, 0.4) is 0 Å². The van der Waals surface area contributed by atoms with Gasteiger partial charge in [-0.25, -0.2) is 29.6 Å². The molecule has 15 aromatic rings. The predicted molar refractivity (Wildman–Crippen MR) is 594 cm³/mol. The Kier molecular flexibility index (Phi) is 31.9. The number of sulfonamides is 5. The van der Waals surface area contributed by atoms with E-state index in [4.69, 9.17) is 32.0 Å². The molecule has 1 atom stereocenters. The van der Waals surface area contributed by atoms with E-state index in [1.807, 2.05) is 20.8 Å². The number of nitrogens with zero attached hydrogens (tertiary/aromatic N) is 7. The van der Waals surface area contributed by atoms with Gasteiger partial charge in [0.25, 0.3) is 62.9 Å². The number of unbranched alkanes of at least 4 members (excludes halogenated alkanes) is 1. The van der Waals surface area contributed by atoms with Gasteiger partial charge in [0.15, 0.2) is 19.6 Å². The maximum absolute atomic E-state index is 12.7. The molecule has 6 amide bonds. The smallest absolute Gasteiger partial charge is 0.306 e. The van der Waals surface area contributed by atoms with Gasteiger partial charge in [-0.3, -0.25) is 23.5 Å². The molecule has 22 heterocycles. The first kappa shape index (κ1) is 107. The summed E-state index contributed by atoms with van der Waals surface area (Å²) in [5.41, 5.74) is 26.0. The summed E-state index contributed by atoms with van der Waals surface area (Å²) in [6.45, 7) is 16.6. The Balaban J connectivity index is 0.000000129. The van der Waals surface area contributed by atoms with Crippen molar-refractivity contribution in [1.82, 2.24) is 26.4 Å². The van der Waals surface area contributed by atoms with Crippen molar-refractivity contribution in [3.05, 3.63) is 182 Å². The van der Waals surface area contributed by atoms with Gasteiger partial charge in [0, 0.05) is 62.1 Å². The second kappa shape index (κ2) is 40.6. The van der Waals surface area contributed by atoms with Crippen molar-refractivity contribution in [2.24, 2.45) is 0 Å². The van der Waals surface area contributed by atoms with Crippen LogP contribution >= 0.6 is 346 Å². The van der Waals surface area contributed by atoms with Gasteiger partial charge in [-0.1, -0.05) is 42.3 Å². The number of anilines is 1. The van der Waals surface area contributed by atoms with Gasteiger partial charge in [-0.05, 0) is 190 Å². The number of carbonyl (C=O) groups excluding carboxylic acids is 6. The molecule has 22 rings (SSSR count). The van der Waals surface area contributed by atoms with Crippen LogP contribution in [0, 0.1) is 9.81 Å². The van der Waals surface area contributed by atoms with Crippen molar-refractivity contribution in [3.63, 3.8) is 0 Å². The van der Waals surface area contributed by atoms with Crippen LogP contribution in [-0.4, -0.2) is 158 Å². The maximum Gasteiger partial charge on any atom is 0.306 e. The molecule has 0 N–H and O–H groups in total. The van der Waals surface area contributed by atoms with Gasteiger partial charge in [0.1, 0.15) is 27.2 Å². The van der Waals surface area contributed by atoms with Crippen LogP contribution in [0.5, 0.6) is 0 Å². The van der Waals surface area contributed by atoms with Gasteiger partial charge >= 0.3 is 281 Å². The van der Waals surface area contributed by atoms with Gasteiger partial charge in [-0.2, -0.15) is 29.8 Å². The number of halogens is 14. The molecule has 0 spiro atoms. The average molecular weight is 3150 g/mol. The normalized spacial score (nSPS) is 16.6. The number of hydrogen-bond acceptors (Lipinski definition) is 30. The van der Waals surface area contributed by atoms with E-state index >= 15 is 0 Å². The minimum atomic E-state index is -4.04. The Morgan fingerprint density at radius 3 is 1.64 bits per heavy atom. The van der Waals surface area contributed by atoms with E-state index in [9.17, 15) is 75.1 Å². The Morgan fingerprint density at radius 1 is 0.507 bits per heavy atom. The van der Waals surface area contributed by atoms with Crippen LogP contribution in [0.1, 0.15) is 115 Å². The zero-order chi connectivity index (χ0) is 99.1. The number of amides is 6. The van der Waals surface area contributed by atoms with Crippen LogP contribution in [-0.2, 0) is 85.5 Å². The zero-order valence-corrected chi connectivity index (χ0v) is 106. The molecule has 0 aliphatic carbocycles. The minimum Gasteiger partial charge on any atom is -0.440 e. The summed E-state index contributed by atoms with van der Waals surface area (Å²) < 4.78 is 170. The summed E-state index contributed by atoms with van der Waals surface area (Å²) in [5.74, 6) is -2.66. The van der Waals surface area contributed by atoms with Crippen molar-refractivity contribution in [3.8, 4) is 0 Å². The van der Waals surface area contributed by atoms with E-state index in [0.29, 0.717) is 112 Å². The van der Waals surface area contributed by atoms with Crippen LogP contribution in [0.4, 0.5) is 5.00 Å². The van der Waals surface area contributed by atoms with Crippen LogP contribution in [0.15, 0.2) is 159 Å². The molecule has 7 aliphatic rings. The van der Waals surface area contributed by atoms with Crippen LogP contribution < -0.4 is 4.31 Å². The summed E-state index contributed by atoms with van der Waals surface area (Å²) in [6.07, 6.45) is 1.52. The van der Waals surface area contributed by atoms with E-state index in [-0.39, 0.29) is 86.5 Å². The third-order valence-corrected chi connectivity index (χ3v) is 61.5. The third kappa shape index (κ3) is 18.2. The first-order valence-corrected chi connectivity index (χ1v) is 68.0. The van der Waals surface area contributed by atoms with E-state index in [1.54, 1.807) is 53.7 Å². The number of fused-ring (bicyclic) bond motifs is 21. The molecular weight excluding hydrogens is 3110 g/mol. The molecule has 15 aromatic heterocycles. The molecule has 26 nitrogen and oxygen atoms in total. The van der Waals surface area contributed by atoms with Crippen molar-refractivity contribution in [2.45, 2.75) is 94.8 Å².